The first-order chi connectivity index (χ1) is 18.1. The van der Waals surface area contributed by atoms with Gasteiger partial charge in [-0.05, 0) is 42.7 Å². The summed E-state index contributed by atoms with van der Waals surface area (Å²) >= 11 is 0. The Kier molecular flexibility index (Phi) is 11.7. The molecule has 1 atom stereocenters. The molecule has 1 N–H and O–H groups in total. The zero-order valence-corrected chi connectivity index (χ0v) is 23.8. The Hall–Kier alpha value is -3.47. The van der Waals surface area contributed by atoms with Crippen LogP contribution in [0.4, 0.5) is 5.69 Å². The standard InChI is InChI=1S/C27H39N3O7S/c1-7-9-15-28-27(32)23(8-2)29(18-20-11-10-12-22(16-20)35-3)26(31)19-30(38(6,33)34)21-13-14-24(36-4)25(17-21)37-5/h10-14,16-17,23H,7-9,15,18-19H2,1-6H3,(H,28,32). The molecule has 0 saturated heterocycles. The lowest BCUT2D eigenvalue weighted by Gasteiger charge is -2.33. The van der Waals surface area contributed by atoms with E-state index in [0.29, 0.717) is 30.2 Å². The van der Waals surface area contributed by atoms with Crippen molar-refractivity contribution in [1.29, 1.82) is 0 Å². The summed E-state index contributed by atoms with van der Waals surface area (Å²) in [5, 5.41) is 2.90. The molecule has 11 heteroatoms. The molecule has 0 bridgehead atoms. The minimum absolute atomic E-state index is 0.0965. The van der Waals surface area contributed by atoms with Gasteiger partial charge in [-0.15, -0.1) is 0 Å². The van der Waals surface area contributed by atoms with Crippen LogP contribution in [-0.2, 0) is 26.2 Å². The maximum absolute atomic E-state index is 13.8. The van der Waals surface area contributed by atoms with Gasteiger partial charge in [0.1, 0.15) is 18.3 Å². The predicted molar refractivity (Wildman–Crippen MR) is 147 cm³/mol. The summed E-state index contributed by atoms with van der Waals surface area (Å²) in [6.07, 6.45) is 3.10. The third-order valence-corrected chi connectivity index (χ3v) is 7.18. The van der Waals surface area contributed by atoms with Crippen molar-refractivity contribution in [2.75, 3.05) is 45.0 Å². The fourth-order valence-corrected chi connectivity index (χ4v) is 4.83. The lowest BCUT2D eigenvalue weighted by molar-refractivity contribution is -0.140. The summed E-state index contributed by atoms with van der Waals surface area (Å²) in [5.41, 5.74) is 0.981. The molecule has 0 aliphatic carbocycles. The van der Waals surface area contributed by atoms with Crippen LogP contribution in [0.15, 0.2) is 42.5 Å². The lowest BCUT2D eigenvalue weighted by Crippen LogP contribution is -2.52. The summed E-state index contributed by atoms with van der Waals surface area (Å²) < 4.78 is 42.5. The van der Waals surface area contributed by atoms with E-state index in [9.17, 15) is 18.0 Å². The van der Waals surface area contributed by atoms with Gasteiger partial charge in [-0.25, -0.2) is 8.42 Å². The zero-order valence-electron chi connectivity index (χ0n) is 23.0. The number of ether oxygens (including phenoxy) is 3. The van der Waals surface area contributed by atoms with Gasteiger partial charge in [0.05, 0.1) is 33.3 Å². The van der Waals surface area contributed by atoms with Crippen LogP contribution in [0.3, 0.4) is 0 Å². The van der Waals surface area contributed by atoms with Crippen LogP contribution >= 0.6 is 0 Å². The Morgan fingerprint density at radius 2 is 1.68 bits per heavy atom. The van der Waals surface area contributed by atoms with Crippen molar-refractivity contribution in [2.45, 2.75) is 45.7 Å². The summed E-state index contributed by atoms with van der Waals surface area (Å²) in [4.78, 5) is 28.3. The highest BCUT2D eigenvalue weighted by molar-refractivity contribution is 7.92. The molecule has 0 fully saturated rings. The van der Waals surface area contributed by atoms with E-state index < -0.39 is 28.5 Å². The Morgan fingerprint density at radius 3 is 2.26 bits per heavy atom. The maximum atomic E-state index is 13.8. The number of hydrogen-bond acceptors (Lipinski definition) is 7. The van der Waals surface area contributed by atoms with Gasteiger partial charge in [0.2, 0.25) is 21.8 Å². The third-order valence-electron chi connectivity index (χ3n) is 6.04. The van der Waals surface area contributed by atoms with Crippen molar-refractivity contribution in [1.82, 2.24) is 10.2 Å². The molecule has 2 aromatic carbocycles. The number of methoxy groups -OCH3 is 3. The fourth-order valence-electron chi connectivity index (χ4n) is 3.99. The minimum Gasteiger partial charge on any atom is -0.497 e. The highest BCUT2D eigenvalue weighted by Gasteiger charge is 2.32. The van der Waals surface area contributed by atoms with E-state index >= 15 is 0 Å². The molecule has 38 heavy (non-hydrogen) atoms. The molecule has 2 aromatic rings. The topological polar surface area (TPSA) is 114 Å². The maximum Gasteiger partial charge on any atom is 0.244 e. The van der Waals surface area contributed by atoms with Crippen molar-refractivity contribution in [3.05, 3.63) is 48.0 Å². The van der Waals surface area contributed by atoms with Gasteiger partial charge in [0.25, 0.3) is 0 Å². The Labute approximate surface area is 225 Å². The van der Waals surface area contributed by atoms with Gasteiger partial charge in [-0.2, -0.15) is 0 Å². The van der Waals surface area contributed by atoms with Gasteiger partial charge >= 0.3 is 0 Å². The van der Waals surface area contributed by atoms with Gasteiger partial charge in [-0.3, -0.25) is 13.9 Å². The van der Waals surface area contributed by atoms with Crippen LogP contribution in [0.5, 0.6) is 17.2 Å². The molecule has 2 rings (SSSR count). The molecule has 0 spiro atoms. The number of hydrogen-bond donors (Lipinski definition) is 1. The number of carbonyl (C=O) groups excluding carboxylic acids is 2. The molecular weight excluding hydrogens is 510 g/mol. The van der Waals surface area contributed by atoms with E-state index in [-0.39, 0.29) is 18.1 Å². The van der Waals surface area contributed by atoms with Crippen molar-refractivity contribution >= 4 is 27.5 Å². The number of rotatable bonds is 15. The number of anilines is 1. The van der Waals surface area contributed by atoms with Crippen molar-refractivity contribution in [3.8, 4) is 17.2 Å². The average Bonchev–Trinajstić information content (AvgIpc) is 2.90. The van der Waals surface area contributed by atoms with Gasteiger partial charge in [0, 0.05) is 19.2 Å². The van der Waals surface area contributed by atoms with Crippen molar-refractivity contribution in [3.63, 3.8) is 0 Å². The molecule has 2 amide bonds. The summed E-state index contributed by atoms with van der Waals surface area (Å²) in [5.74, 6) is 0.546. The van der Waals surface area contributed by atoms with Crippen LogP contribution in [0.25, 0.3) is 0 Å². The predicted octanol–water partition coefficient (Wildman–Crippen LogP) is 3.20. The number of amides is 2. The number of nitrogens with one attached hydrogen (secondary N) is 1. The molecule has 0 aliphatic rings. The van der Waals surface area contributed by atoms with Crippen LogP contribution < -0.4 is 23.8 Å². The number of unbranched alkanes of at least 4 members (excludes halogenated alkanes) is 1. The number of sulfonamides is 1. The zero-order chi connectivity index (χ0) is 28.3. The molecule has 0 aliphatic heterocycles. The smallest absolute Gasteiger partial charge is 0.244 e. The molecule has 10 nitrogen and oxygen atoms in total. The second kappa shape index (κ2) is 14.5. The van der Waals surface area contributed by atoms with E-state index in [0.717, 1.165) is 29.0 Å². The largest absolute Gasteiger partial charge is 0.497 e. The highest BCUT2D eigenvalue weighted by Crippen LogP contribution is 2.32. The molecular formula is C27H39N3O7S. The average molecular weight is 550 g/mol. The van der Waals surface area contributed by atoms with Crippen molar-refractivity contribution in [2.24, 2.45) is 0 Å². The quantitative estimate of drug-likeness (QED) is 0.339. The number of benzene rings is 2. The monoisotopic (exact) mass is 549 g/mol. The summed E-state index contributed by atoms with van der Waals surface area (Å²) in [7, 11) is 0.586. The van der Waals surface area contributed by atoms with Crippen LogP contribution in [0.2, 0.25) is 0 Å². The van der Waals surface area contributed by atoms with Gasteiger partial charge < -0.3 is 24.4 Å². The molecule has 210 valence electrons. The minimum atomic E-state index is -3.88. The molecule has 0 aromatic heterocycles. The normalized spacial score (nSPS) is 11.8. The number of carbonyl (C=O) groups is 2. The first kappa shape index (κ1) is 30.8. The Balaban J connectivity index is 2.47. The summed E-state index contributed by atoms with van der Waals surface area (Å²) in [6.45, 7) is 3.93. The van der Waals surface area contributed by atoms with E-state index in [4.69, 9.17) is 14.2 Å². The van der Waals surface area contributed by atoms with Crippen LogP contribution in [0.1, 0.15) is 38.7 Å². The Morgan fingerprint density at radius 1 is 0.974 bits per heavy atom. The van der Waals surface area contributed by atoms with Gasteiger partial charge in [0.15, 0.2) is 11.5 Å². The Bertz CT molecular complexity index is 1190. The number of nitrogens with zero attached hydrogens (tertiary/aromatic N) is 2. The first-order valence-corrected chi connectivity index (χ1v) is 14.3. The highest BCUT2D eigenvalue weighted by atomic mass is 32.2. The van der Waals surface area contributed by atoms with E-state index in [1.807, 2.05) is 19.9 Å². The van der Waals surface area contributed by atoms with E-state index in [2.05, 4.69) is 5.32 Å². The second-order valence-corrected chi connectivity index (χ2v) is 10.7. The molecule has 0 heterocycles. The van der Waals surface area contributed by atoms with Gasteiger partial charge in [-0.1, -0.05) is 32.4 Å². The molecule has 1 unspecified atom stereocenters. The molecule has 0 saturated carbocycles. The second-order valence-electron chi connectivity index (χ2n) is 8.75. The van der Waals surface area contributed by atoms with E-state index in [1.165, 1.54) is 31.3 Å². The third kappa shape index (κ3) is 8.27. The fraction of sp³-hybridized carbons (Fsp3) is 0.481. The SMILES string of the molecule is CCCCNC(=O)C(CC)N(Cc1cccc(OC)c1)C(=O)CN(c1ccc(OC)c(OC)c1)S(C)(=O)=O. The van der Waals surface area contributed by atoms with Crippen molar-refractivity contribution < 1.29 is 32.2 Å². The molecule has 0 radical (unpaired) electrons. The lowest BCUT2D eigenvalue weighted by atomic mass is 10.1. The van der Waals surface area contributed by atoms with Crippen LogP contribution in [-0.4, -0.2) is 71.8 Å². The summed E-state index contributed by atoms with van der Waals surface area (Å²) in [6, 6.07) is 11.0. The first-order valence-electron chi connectivity index (χ1n) is 12.5. The van der Waals surface area contributed by atoms with Crippen LogP contribution in [0, 0.1) is 0 Å². The van der Waals surface area contributed by atoms with E-state index in [1.54, 1.807) is 31.4 Å².